The molecule has 1 aliphatic heterocycles. The lowest BCUT2D eigenvalue weighted by atomic mass is 10.1. The van der Waals surface area contributed by atoms with Crippen LogP contribution in [0.15, 0.2) is 53.4 Å². The maximum Gasteiger partial charge on any atom is 0.337 e. The Bertz CT molecular complexity index is 1160. The number of thiocarbonyl (C=S) groups is 1. The van der Waals surface area contributed by atoms with Gasteiger partial charge in [-0.3, -0.25) is 19.3 Å². The van der Waals surface area contributed by atoms with Crippen LogP contribution in [0.5, 0.6) is 0 Å². The van der Waals surface area contributed by atoms with Gasteiger partial charge in [0.1, 0.15) is 4.32 Å². The normalized spacial score (nSPS) is 14.3. The molecule has 2 aromatic rings. The monoisotopic (exact) mass is 510 g/mol. The van der Waals surface area contributed by atoms with E-state index in [4.69, 9.17) is 17.0 Å². The Kier molecular flexibility index (Phi) is 9.33. The van der Waals surface area contributed by atoms with Crippen molar-refractivity contribution < 1.29 is 23.9 Å². The number of carbonyl (C=O) groups is 4. The molecular weight excluding hydrogens is 484 g/mol. The average Bonchev–Trinajstić information content (AvgIpc) is 3.11. The van der Waals surface area contributed by atoms with Gasteiger partial charge >= 0.3 is 5.97 Å². The van der Waals surface area contributed by atoms with Gasteiger partial charge in [-0.2, -0.15) is 0 Å². The highest BCUT2D eigenvalue weighted by atomic mass is 32.2. The van der Waals surface area contributed by atoms with E-state index in [1.54, 1.807) is 59.5 Å². The number of ketones is 1. The Hall–Kier alpha value is -3.30. The zero-order valence-electron chi connectivity index (χ0n) is 19.5. The van der Waals surface area contributed by atoms with E-state index in [0.29, 0.717) is 45.4 Å². The summed E-state index contributed by atoms with van der Waals surface area (Å²) in [6.45, 7) is 2.00. The third-order valence-electron chi connectivity index (χ3n) is 5.36. The van der Waals surface area contributed by atoms with Crippen molar-refractivity contribution in [3.63, 3.8) is 0 Å². The molecule has 182 valence electrons. The van der Waals surface area contributed by atoms with Crippen LogP contribution in [0, 0.1) is 0 Å². The van der Waals surface area contributed by atoms with Gasteiger partial charge < -0.3 is 10.1 Å². The summed E-state index contributed by atoms with van der Waals surface area (Å²) in [4.78, 5) is 49.9. The van der Waals surface area contributed by atoms with Gasteiger partial charge in [-0.25, -0.2) is 4.79 Å². The Labute approximate surface area is 213 Å². The van der Waals surface area contributed by atoms with Crippen LogP contribution in [-0.4, -0.2) is 46.4 Å². The van der Waals surface area contributed by atoms with Crippen molar-refractivity contribution in [1.82, 2.24) is 4.90 Å². The number of rotatable bonds is 10. The van der Waals surface area contributed by atoms with Gasteiger partial charge in [0, 0.05) is 24.2 Å². The maximum absolute atomic E-state index is 12.8. The van der Waals surface area contributed by atoms with Gasteiger partial charge in [0.15, 0.2) is 5.78 Å². The predicted molar refractivity (Wildman–Crippen MR) is 141 cm³/mol. The molecule has 0 radical (unpaired) electrons. The molecule has 0 atom stereocenters. The third kappa shape index (κ3) is 7.34. The number of hydrogen-bond acceptors (Lipinski definition) is 7. The number of esters is 1. The molecule has 1 saturated heterocycles. The number of benzene rings is 2. The average molecular weight is 511 g/mol. The summed E-state index contributed by atoms with van der Waals surface area (Å²) in [5.41, 5.74) is 2.49. The fraction of sp³-hybridized carbons (Fsp3) is 0.269. The van der Waals surface area contributed by atoms with Crippen molar-refractivity contribution in [2.75, 3.05) is 19.0 Å². The summed E-state index contributed by atoms with van der Waals surface area (Å²) in [5.74, 6) is -0.658. The number of anilines is 1. The Morgan fingerprint density at radius 1 is 1.00 bits per heavy atom. The minimum atomic E-state index is -0.413. The molecule has 0 aromatic heterocycles. The molecule has 1 aliphatic rings. The molecule has 1 heterocycles. The van der Waals surface area contributed by atoms with E-state index >= 15 is 0 Å². The van der Waals surface area contributed by atoms with E-state index in [2.05, 4.69) is 5.32 Å². The third-order valence-corrected chi connectivity index (χ3v) is 6.74. The largest absolute Gasteiger partial charge is 0.465 e. The van der Waals surface area contributed by atoms with Crippen molar-refractivity contribution in [2.45, 2.75) is 32.6 Å². The van der Waals surface area contributed by atoms with Gasteiger partial charge in [-0.1, -0.05) is 42.5 Å². The van der Waals surface area contributed by atoms with E-state index in [1.165, 1.54) is 25.8 Å². The number of hydrogen-bond donors (Lipinski definition) is 1. The molecule has 0 spiro atoms. The summed E-state index contributed by atoms with van der Waals surface area (Å²) in [6.07, 6.45) is 4.33. The summed E-state index contributed by atoms with van der Waals surface area (Å²) in [7, 11) is 1.33. The molecule has 0 unspecified atom stereocenters. The second-order valence-electron chi connectivity index (χ2n) is 7.94. The van der Waals surface area contributed by atoms with E-state index in [0.717, 1.165) is 18.4 Å². The van der Waals surface area contributed by atoms with Crippen molar-refractivity contribution in [1.29, 1.82) is 0 Å². The lowest BCUT2D eigenvalue weighted by molar-refractivity contribution is -0.122. The molecule has 0 saturated carbocycles. The second kappa shape index (κ2) is 12.4. The van der Waals surface area contributed by atoms with E-state index < -0.39 is 5.97 Å². The molecule has 1 N–H and O–H groups in total. The molecule has 0 aliphatic carbocycles. The number of amides is 2. The minimum absolute atomic E-state index is 0.0193. The molecule has 2 aromatic carbocycles. The predicted octanol–water partition coefficient (Wildman–Crippen LogP) is 5.08. The number of Topliss-reactive ketones (excluding diaryl/α,β-unsaturated/α-hetero) is 1. The smallest absolute Gasteiger partial charge is 0.337 e. The van der Waals surface area contributed by atoms with Gasteiger partial charge in [-0.15, -0.1) is 0 Å². The lowest BCUT2D eigenvalue weighted by Crippen LogP contribution is -2.29. The Morgan fingerprint density at radius 2 is 1.66 bits per heavy atom. The summed E-state index contributed by atoms with van der Waals surface area (Å²) >= 11 is 6.64. The Morgan fingerprint density at radius 3 is 2.29 bits per heavy atom. The minimum Gasteiger partial charge on any atom is -0.465 e. The molecule has 35 heavy (non-hydrogen) atoms. The molecule has 3 rings (SSSR count). The number of nitrogens with zero attached hydrogens (tertiary/aromatic N) is 1. The Balaban J connectivity index is 1.42. The lowest BCUT2D eigenvalue weighted by Gasteiger charge is -2.14. The summed E-state index contributed by atoms with van der Waals surface area (Å²) < 4.78 is 5.20. The fourth-order valence-corrected chi connectivity index (χ4v) is 4.73. The molecular formula is C26H26N2O5S2. The van der Waals surface area contributed by atoms with Gasteiger partial charge in [0.25, 0.3) is 5.91 Å². The molecule has 0 bridgehead atoms. The van der Waals surface area contributed by atoms with Crippen molar-refractivity contribution >= 4 is 63.6 Å². The van der Waals surface area contributed by atoms with Gasteiger partial charge in [0.05, 0.1) is 17.6 Å². The van der Waals surface area contributed by atoms with E-state index in [-0.39, 0.29) is 17.6 Å². The number of ether oxygens (including phenoxy) is 1. The van der Waals surface area contributed by atoms with Crippen molar-refractivity contribution in [3.8, 4) is 0 Å². The van der Waals surface area contributed by atoms with Gasteiger partial charge in [-0.05, 0) is 67.8 Å². The number of thioether (sulfide) groups is 1. The summed E-state index contributed by atoms with van der Waals surface area (Å²) in [6, 6.07) is 13.6. The fourth-order valence-electron chi connectivity index (χ4n) is 3.42. The van der Waals surface area contributed by atoms with Crippen LogP contribution < -0.4 is 5.32 Å². The van der Waals surface area contributed by atoms with E-state index in [1.807, 2.05) is 0 Å². The van der Waals surface area contributed by atoms with Gasteiger partial charge in [0.2, 0.25) is 5.91 Å². The molecule has 1 fully saturated rings. The number of carbonyl (C=O) groups excluding carboxylic acids is 4. The number of unbranched alkanes of at least 4 members (excludes halogenated alkanes) is 2. The van der Waals surface area contributed by atoms with Crippen LogP contribution in [-0.2, 0) is 14.3 Å². The second-order valence-corrected chi connectivity index (χ2v) is 9.62. The first-order valence-electron chi connectivity index (χ1n) is 11.1. The zero-order chi connectivity index (χ0) is 25.4. The molecule has 9 heteroatoms. The first kappa shape index (κ1) is 26.3. The van der Waals surface area contributed by atoms with Crippen LogP contribution in [0.2, 0.25) is 0 Å². The molecule has 2 amide bonds. The van der Waals surface area contributed by atoms with E-state index in [9.17, 15) is 19.2 Å². The van der Waals surface area contributed by atoms with Crippen molar-refractivity contribution in [2.24, 2.45) is 0 Å². The van der Waals surface area contributed by atoms with Crippen LogP contribution in [0.25, 0.3) is 6.08 Å². The highest BCUT2D eigenvalue weighted by molar-refractivity contribution is 8.26. The first-order valence-corrected chi connectivity index (χ1v) is 12.4. The topological polar surface area (TPSA) is 92.8 Å². The SMILES string of the molecule is COC(=O)c1ccc(C=C2SC(=S)N(CCCCCC(=O)Nc3ccc(C(C)=O)cc3)C2=O)cc1. The first-order chi connectivity index (χ1) is 16.8. The summed E-state index contributed by atoms with van der Waals surface area (Å²) in [5, 5.41) is 2.82. The van der Waals surface area contributed by atoms with Crippen molar-refractivity contribution in [3.05, 3.63) is 70.1 Å². The number of nitrogens with one attached hydrogen (secondary N) is 1. The zero-order valence-corrected chi connectivity index (χ0v) is 21.2. The number of methoxy groups -OCH3 is 1. The van der Waals surface area contributed by atoms with Crippen LogP contribution in [0.1, 0.15) is 58.9 Å². The highest BCUT2D eigenvalue weighted by Gasteiger charge is 2.31. The maximum atomic E-state index is 12.8. The quantitative estimate of drug-likeness (QED) is 0.157. The van der Waals surface area contributed by atoms with Crippen LogP contribution >= 0.6 is 24.0 Å². The standard InChI is InChI=1S/C26H26N2O5S2/c1-17(29)19-11-13-21(14-12-19)27-23(30)6-4-3-5-15-28-24(31)22(35-26(28)34)16-18-7-9-20(10-8-18)25(32)33-2/h7-14,16H,3-6,15H2,1-2H3,(H,27,30). The molecule has 7 nitrogen and oxygen atoms in total. The van der Waals surface area contributed by atoms with Crippen LogP contribution in [0.3, 0.4) is 0 Å². The van der Waals surface area contributed by atoms with Crippen LogP contribution in [0.4, 0.5) is 5.69 Å². The highest BCUT2D eigenvalue weighted by Crippen LogP contribution is 2.32.